The van der Waals surface area contributed by atoms with E-state index in [2.05, 4.69) is 10.5 Å². The minimum absolute atomic E-state index is 0.00193. The Hall–Kier alpha value is -3.22. The molecule has 0 radical (unpaired) electrons. The highest BCUT2D eigenvalue weighted by Gasteiger charge is 2.06. The summed E-state index contributed by atoms with van der Waals surface area (Å²) in [6, 6.07) is 13.3. The molecule has 7 heteroatoms. The predicted molar refractivity (Wildman–Crippen MR) is 90.1 cm³/mol. The highest BCUT2D eigenvalue weighted by molar-refractivity contribution is 5.99. The second kappa shape index (κ2) is 7.87. The number of benzene rings is 2. The number of hydrogen-bond acceptors (Lipinski definition) is 5. The Morgan fingerprint density at radius 3 is 2.38 bits per heavy atom. The molecule has 0 saturated carbocycles. The van der Waals surface area contributed by atoms with Crippen LogP contribution in [-0.2, 0) is 4.79 Å². The van der Waals surface area contributed by atoms with Gasteiger partial charge in [-0.3, -0.25) is 14.9 Å². The lowest BCUT2D eigenvalue weighted by atomic mass is 10.1. The van der Waals surface area contributed by atoms with Gasteiger partial charge in [-0.15, -0.1) is 0 Å². The number of non-ortho nitro benzene ring substituents is 1. The van der Waals surface area contributed by atoms with Gasteiger partial charge in [0.1, 0.15) is 5.75 Å². The molecular weight excluding hydrogens is 310 g/mol. The molecule has 0 aliphatic rings. The molecule has 2 aromatic rings. The molecule has 1 amide bonds. The maximum atomic E-state index is 11.7. The lowest BCUT2D eigenvalue weighted by Gasteiger charge is -2.06. The summed E-state index contributed by atoms with van der Waals surface area (Å²) >= 11 is 0. The van der Waals surface area contributed by atoms with Gasteiger partial charge in [-0.1, -0.05) is 17.7 Å². The normalized spacial score (nSPS) is 11.0. The maximum Gasteiger partial charge on any atom is 0.277 e. The molecule has 0 saturated heterocycles. The van der Waals surface area contributed by atoms with Crippen LogP contribution in [0.15, 0.2) is 53.6 Å². The third-order valence-electron chi connectivity index (χ3n) is 3.24. The van der Waals surface area contributed by atoms with Crippen molar-refractivity contribution in [1.82, 2.24) is 5.43 Å². The molecule has 0 aliphatic heterocycles. The van der Waals surface area contributed by atoms with E-state index >= 15 is 0 Å². The van der Waals surface area contributed by atoms with Crippen LogP contribution in [0.1, 0.15) is 18.1 Å². The largest absolute Gasteiger partial charge is 0.484 e. The second-order valence-electron chi connectivity index (χ2n) is 5.14. The molecule has 0 unspecified atom stereocenters. The molecule has 2 aromatic carbocycles. The summed E-state index contributed by atoms with van der Waals surface area (Å²) in [6.07, 6.45) is 0. The van der Waals surface area contributed by atoms with E-state index in [1.807, 2.05) is 19.1 Å². The molecule has 1 N–H and O–H groups in total. The van der Waals surface area contributed by atoms with Crippen molar-refractivity contribution in [2.24, 2.45) is 5.10 Å². The first-order chi connectivity index (χ1) is 11.5. The number of nitrogens with one attached hydrogen (secondary N) is 1. The number of carbonyl (C=O) groups excluding carboxylic acids is 1. The highest BCUT2D eigenvalue weighted by Crippen LogP contribution is 2.13. The van der Waals surface area contributed by atoms with Crippen LogP contribution in [0.3, 0.4) is 0 Å². The summed E-state index contributed by atoms with van der Waals surface area (Å²) in [4.78, 5) is 21.9. The summed E-state index contributed by atoms with van der Waals surface area (Å²) in [5.41, 5.74) is 4.72. The van der Waals surface area contributed by atoms with Crippen LogP contribution in [0.5, 0.6) is 5.75 Å². The van der Waals surface area contributed by atoms with Crippen LogP contribution >= 0.6 is 0 Å². The lowest BCUT2D eigenvalue weighted by molar-refractivity contribution is -0.384. The first-order valence-corrected chi connectivity index (χ1v) is 7.23. The summed E-state index contributed by atoms with van der Waals surface area (Å²) in [5.74, 6) is 0.212. The van der Waals surface area contributed by atoms with Crippen molar-refractivity contribution in [3.63, 3.8) is 0 Å². The van der Waals surface area contributed by atoms with Crippen molar-refractivity contribution in [2.45, 2.75) is 13.8 Å². The van der Waals surface area contributed by atoms with E-state index < -0.39 is 10.8 Å². The molecule has 0 bridgehead atoms. The van der Waals surface area contributed by atoms with Crippen molar-refractivity contribution in [2.75, 3.05) is 6.61 Å². The second-order valence-corrected chi connectivity index (χ2v) is 5.14. The van der Waals surface area contributed by atoms with E-state index in [1.54, 1.807) is 31.2 Å². The highest BCUT2D eigenvalue weighted by atomic mass is 16.6. The average molecular weight is 327 g/mol. The number of nitrogens with zero attached hydrogens (tertiary/aromatic N) is 2. The molecule has 7 nitrogen and oxygen atoms in total. The molecule has 0 aromatic heterocycles. The van der Waals surface area contributed by atoms with Crippen molar-refractivity contribution in [1.29, 1.82) is 0 Å². The molecule has 0 aliphatic carbocycles. The smallest absolute Gasteiger partial charge is 0.277 e. The van der Waals surface area contributed by atoms with Gasteiger partial charge >= 0.3 is 0 Å². The van der Waals surface area contributed by atoms with Gasteiger partial charge in [0.2, 0.25) is 0 Å². The molecule has 24 heavy (non-hydrogen) atoms. The van der Waals surface area contributed by atoms with Gasteiger partial charge in [0.25, 0.3) is 11.6 Å². The fourth-order valence-corrected chi connectivity index (χ4v) is 1.85. The number of hydrazone groups is 1. The average Bonchev–Trinajstić information content (AvgIpc) is 2.59. The Morgan fingerprint density at radius 2 is 1.79 bits per heavy atom. The first kappa shape index (κ1) is 17.1. The van der Waals surface area contributed by atoms with E-state index in [9.17, 15) is 14.9 Å². The van der Waals surface area contributed by atoms with Crippen LogP contribution < -0.4 is 10.2 Å². The van der Waals surface area contributed by atoms with Gasteiger partial charge in [-0.05, 0) is 43.7 Å². The van der Waals surface area contributed by atoms with Crippen molar-refractivity contribution >= 4 is 17.3 Å². The summed E-state index contributed by atoms with van der Waals surface area (Å²) < 4.78 is 5.35. The Kier molecular flexibility index (Phi) is 5.62. The van der Waals surface area contributed by atoms with Gasteiger partial charge in [-0.25, -0.2) is 5.43 Å². The van der Waals surface area contributed by atoms with E-state index in [4.69, 9.17) is 4.74 Å². The van der Waals surface area contributed by atoms with Crippen molar-refractivity contribution in [3.8, 4) is 5.75 Å². The minimum atomic E-state index is -0.472. The number of ether oxygens (including phenoxy) is 1. The van der Waals surface area contributed by atoms with Crippen LogP contribution in [0.2, 0.25) is 0 Å². The SMILES string of the molecule is C/C(=N\NC(=O)COc1ccc(C)cc1)c1ccc([N+](=O)[O-])cc1. The predicted octanol–water partition coefficient (Wildman–Crippen LogP) is 2.82. The van der Waals surface area contributed by atoms with Crippen LogP contribution in [-0.4, -0.2) is 23.1 Å². The monoisotopic (exact) mass is 327 g/mol. The van der Waals surface area contributed by atoms with Crippen LogP contribution in [0, 0.1) is 17.0 Å². The third-order valence-corrected chi connectivity index (χ3v) is 3.24. The Bertz CT molecular complexity index is 752. The zero-order chi connectivity index (χ0) is 17.5. The van der Waals surface area contributed by atoms with E-state index in [0.29, 0.717) is 17.0 Å². The minimum Gasteiger partial charge on any atom is -0.484 e. The third kappa shape index (κ3) is 4.91. The van der Waals surface area contributed by atoms with Crippen molar-refractivity contribution in [3.05, 3.63) is 69.8 Å². The fraction of sp³-hybridized carbons (Fsp3) is 0.176. The van der Waals surface area contributed by atoms with Gasteiger partial charge in [0.15, 0.2) is 6.61 Å². The van der Waals surface area contributed by atoms with E-state index in [0.717, 1.165) is 5.56 Å². The van der Waals surface area contributed by atoms with Gasteiger partial charge < -0.3 is 4.74 Å². The van der Waals surface area contributed by atoms with Gasteiger partial charge in [0.05, 0.1) is 10.6 Å². The fourth-order valence-electron chi connectivity index (χ4n) is 1.85. The lowest BCUT2D eigenvalue weighted by Crippen LogP contribution is -2.25. The Labute approximate surface area is 139 Å². The summed E-state index contributed by atoms with van der Waals surface area (Å²) in [6.45, 7) is 3.51. The van der Waals surface area contributed by atoms with E-state index in [-0.39, 0.29) is 12.3 Å². The molecule has 2 rings (SSSR count). The van der Waals surface area contributed by atoms with Gasteiger partial charge in [-0.2, -0.15) is 5.10 Å². The number of aryl methyl sites for hydroxylation is 1. The number of nitro groups is 1. The first-order valence-electron chi connectivity index (χ1n) is 7.23. The number of nitro benzene ring substituents is 1. The summed E-state index contributed by atoms with van der Waals surface area (Å²) in [7, 11) is 0. The molecule has 0 spiro atoms. The van der Waals surface area contributed by atoms with Gasteiger partial charge in [0, 0.05) is 12.1 Å². The molecule has 124 valence electrons. The van der Waals surface area contributed by atoms with Crippen molar-refractivity contribution < 1.29 is 14.5 Å². The summed E-state index contributed by atoms with van der Waals surface area (Å²) in [5, 5.41) is 14.6. The standard InChI is InChI=1S/C17H17N3O4/c1-12-3-9-16(10-4-12)24-11-17(21)19-18-13(2)14-5-7-15(8-6-14)20(22)23/h3-10H,11H2,1-2H3,(H,19,21)/b18-13+. The number of hydrogen-bond donors (Lipinski definition) is 1. The maximum absolute atomic E-state index is 11.7. The van der Waals surface area contributed by atoms with E-state index in [1.165, 1.54) is 12.1 Å². The topological polar surface area (TPSA) is 93.8 Å². The Morgan fingerprint density at radius 1 is 1.17 bits per heavy atom. The molecular formula is C17H17N3O4. The van der Waals surface area contributed by atoms with Crippen LogP contribution in [0.4, 0.5) is 5.69 Å². The number of amides is 1. The zero-order valence-electron chi connectivity index (χ0n) is 13.4. The quantitative estimate of drug-likeness (QED) is 0.501. The number of carbonyl (C=O) groups is 1. The molecule has 0 atom stereocenters. The number of rotatable bonds is 6. The Balaban J connectivity index is 1.87. The molecule has 0 fully saturated rings. The molecule has 0 heterocycles. The zero-order valence-corrected chi connectivity index (χ0v) is 13.4. The van der Waals surface area contributed by atoms with Crippen LogP contribution in [0.25, 0.3) is 0 Å².